The molecule has 24 heavy (non-hydrogen) atoms. The van der Waals surface area contributed by atoms with Crippen LogP contribution in [0.4, 0.5) is 10.1 Å². The first-order valence-corrected chi connectivity index (χ1v) is 8.31. The lowest BCUT2D eigenvalue weighted by molar-refractivity contribution is -0.115. The molecule has 0 radical (unpaired) electrons. The van der Waals surface area contributed by atoms with Crippen LogP contribution in [0.1, 0.15) is 10.5 Å². The molecule has 0 unspecified atom stereocenters. The molecule has 5 nitrogen and oxygen atoms in total. The van der Waals surface area contributed by atoms with Gasteiger partial charge in [0.25, 0.3) is 5.91 Å². The molecule has 3 N–H and O–H groups in total. The summed E-state index contributed by atoms with van der Waals surface area (Å²) >= 11 is 13.2. The Morgan fingerprint density at radius 2 is 1.92 bits per heavy atom. The van der Waals surface area contributed by atoms with E-state index in [0.29, 0.717) is 20.6 Å². The van der Waals surface area contributed by atoms with E-state index in [2.05, 4.69) is 15.6 Å². The molecule has 0 aliphatic carbocycles. The fraction of sp³-hybridized carbons (Fsp3) is 0.0667. The summed E-state index contributed by atoms with van der Waals surface area (Å²) in [5, 5.41) is 5.40. The van der Waals surface area contributed by atoms with Crippen LogP contribution >= 0.6 is 34.5 Å². The summed E-state index contributed by atoms with van der Waals surface area (Å²) in [7, 11) is 0. The predicted octanol–water partition coefficient (Wildman–Crippen LogP) is 4.04. The Bertz CT molecular complexity index is 921. The summed E-state index contributed by atoms with van der Waals surface area (Å²) < 4.78 is 14.0. The van der Waals surface area contributed by atoms with Gasteiger partial charge in [-0.15, -0.1) is 11.3 Å². The van der Waals surface area contributed by atoms with Crippen LogP contribution in [0, 0.1) is 5.82 Å². The second-order valence-electron chi connectivity index (χ2n) is 4.85. The Morgan fingerprint density at radius 3 is 2.58 bits per heavy atom. The van der Waals surface area contributed by atoms with Gasteiger partial charge in [0.05, 0.1) is 21.8 Å². The molecule has 2 aromatic heterocycles. The van der Waals surface area contributed by atoms with E-state index in [1.54, 1.807) is 6.07 Å². The topological polar surface area (TPSA) is 74.0 Å². The SMILES string of the molecule is O=C(CNC(=O)c1cc2sc(Cl)c(Cl)c2[nH]1)Nc1ccc(F)cc1. The van der Waals surface area contributed by atoms with E-state index < -0.39 is 17.6 Å². The van der Waals surface area contributed by atoms with Crippen LogP contribution in [0.2, 0.25) is 9.36 Å². The molecule has 124 valence electrons. The Morgan fingerprint density at radius 1 is 1.21 bits per heavy atom. The van der Waals surface area contributed by atoms with Gasteiger partial charge >= 0.3 is 0 Å². The number of hydrogen-bond acceptors (Lipinski definition) is 3. The number of carbonyl (C=O) groups excluding carboxylic acids is 2. The van der Waals surface area contributed by atoms with Crippen LogP contribution in [0.15, 0.2) is 30.3 Å². The molecule has 3 aromatic rings. The van der Waals surface area contributed by atoms with Crippen molar-refractivity contribution in [2.45, 2.75) is 0 Å². The zero-order chi connectivity index (χ0) is 17.3. The van der Waals surface area contributed by atoms with Crippen molar-refractivity contribution in [2.75, 3.05) is 11.9 Å². The number of nitrogens with one attached hydrogen (secondary N) is 3. The minimum atomic E-state index is -0.445. The number of anilines is 1. The van der Waals surface area contributed by atoms with Crippen molar-refractivity contribution in [1.82, 2.24) is 10.3 Å². The third kappa shape index (κ3) is 3.53. The predicted molar refractivity (Wildman–Crippen MR) is 93.6 cm³/mol. The van der Waals surface area contributed by atoms with E-state index in [9.17, 15) is 14.0 Å². The molecule has 9 heteroatoms. The molecule has 0 bridgehead atoms. The molecule has 2 heterocycles. The summed E-state index contributed by atoms with van der Waals surface area (Å²) in [5.74, 6) is -1.27. The van der Waals surface area contributed by atoms with E-state index in [-0.39, 0.29) is 12.2 Å². The van der Waals surface area contributed by atoms with E-state index in [4.69, 9.17) is 23.2 Å². The Kier molecular flexibility index (Phi) is 4.75. The van der Waals surface area contributed by atoms with Crippen LogP contribution in [0.3, 0.4) is 0 Å². The molecule has 3 rings (SSSR count). The second kappa shape index (κ2) is 6.80. The fourth-order valence-corrected chi connectivity index (χ4v) is 3.52. The normalized spacial score (nSPS) is 10.8. The number of H-pyrrole nitrogens is 1. The van der Waals surface area contributed by atoms with E-state index >= 15 is 0 Å². The maximum Gasteiger partial charge on any atom is 0.268 e. The molecule has 0 atom stereocenters. The highest BCUT2D eigenvalue weighted by Crippen LogP contribution is 2.38. The quantitative estimate of drug-likeness (QED) is 0.633. The van der Waals surface area contributed by atoms with E-state index in [0.717, 1.165) is 4.70 Å². The van der Waals surface area contributed by atoms with Crippen molar-refractivity contribution in [3.8, 4) is 0 Å². The first-order chi connectivity index (χ1) is 11.4. The van der Waals surface area contributed by atoms with Crippen molar-refractivity contribution in [2.24, 2.45) is 0 Å². The molecule has 1 aromatic carbocycles. The lowest BCUT2D eigenvalue weighted by atomic mass is 10.3. The number of halogens is 3. The van der Waals surface area contributed by atoms with Crippen LogP contribution in [0.5, 0.6) is 0 Å². The van der Waals surface area contributed by atoms with Crippen LogP contribution in [-0.2, 0) is 4.79 Å². The Labute approximate surface area is 149 Å². The monoisotopic (exact) mass is 385 g/mol. The van der Waals surface area contributed by atoms with Gasteiger partial charge < -0.3 is 15.6 Å². The first-order valence-electron chi connectivity index (χ1n) is 6.74. The molecule has 0 aliphatic heterocycles. The van der Waals surface area contributed by atoms with Gasteiger partial charge in [-0.05, 0) is 30.3 Å². The third-order valence-electron chi connectivity index (χ3n) is 3.16. The largest absolute Gasteiger partial charge is 0.349 e. The van der Waals surface area contributed by atoms with Crippen molar-refractivity contribution < 1.29 is 14.0 Å². The fourth-order valence-electron chi connectivity index (χ4n) is 2.04. The number of aromatic nitrogens is 1. The smallest absolute Gasteiger partial charge is 0.268 e. The lowest BCUT2D eigenvalue weighted by Crippen LogP contribution is -2.33. The van der Waals surface area contributed by atoms with Gasteiger partial charge in [0.1, 0.15) is 15.8 Å². The Balaban J connectivity index is 1.59. The average molecular weight is 386 g/mol. The zero-order valence-electron chi connectivity index (χ0n) is 12.0. The third-order valence-corrected chi connectivity index (χ3v) is 5.09. The number of aromatic amines is 1. The van der Waals surface area contributed by atoms with E-state index in [1.165, 1.54) is 35.6 Å². The molecule has 0 saturated heterocycles. The summed E-state index contributed by atoms with van der Waals surface area (Å²) in [4.78, 5) is 26.7. The molecular formula is C15H10Cl2FN3O2S. The van der Waals surface area contributed by atoms with Crippen molar-refractivity contribution in [3.63, 3.8) is 0 Å². The molecule has 0 spiro atoms. The summed E-state index contributed by atoms with van der Waals surface area (Å²) in [6, 6.07) is 6.94. The van der Waals surface area contributed by atoms with Gasteiger partial charge in [0.2, 0.25) is 5.91 Å². The van der Waals surface area contributed by atoms with Crippen molar-refractivity contribution in [1.29, 1.82) is 0 Å². The van der Waals surface area contributed by atoms with Crippen molar-refractivity contribution >= 4 is 62.3 Å². The first kappa shape index (κ1) is 16.8. The maximum atomic E-state index is 12.8. The molecule has 0 fully saturated rings. The van der Waals surface area contributed by atoms with Crippen LogP contribution in [0.25, 0.3) is 10.2 Å². The molecular weight excluding hydrogens is 376 g/mol. The number of carbonyl (C=O) groups is 2. The zero-order valence-corrected chi connectivity index (χ0v) is 14.3. The minimum absolute atomic E-state index is 0.225. The van der Waals surface area contributed by atoms with Gasteiger partial charge in [-0.25, -0.2) is 4.39 Å². The van der Waals surface area contributed by atoms with Gasteiger partial charge in [-0.3, -0.25) is 9.59 Å². The number of hydrogen-bond donors (Lipinski definition) is 3. The summed E-state index contributed by atoms with van der Waals surface area (Å²) in [6.45, 7) is -0.225. The van der Waals surface area contributed by atoms with Crippen LogP contribution < -0.4 is 10.6 Å². The number of thiophene rings is 1. The highest BCUT2D eigenvalue weighted by Gasteiger charge is 2.16. The van der Waals surface area contributed by atoms with Crippen molar-refractivity contribution in [3.05, 3.63) is 51.2 Å². The highest BCUT2D eigenvalue weighted by molar-refractivity contribution is 7.23. The molecule has 0 saturated carbocycles. The highest BCUT2D eigenvalue weighted by atomic mass is 35.5. The molecule has 0 aliphatic rings. The van der Waals surface area contributed by atoms with Gasteiger partial charge in [-0.1, -0.05) is 23.2 Å². The summed E-state index contributed by atoms with van der Waals surface area (Å²) in [6.07, 6.45) is 0. The lowest BCUT2D eigenvalue weighted by Gasteiger charge is -2.06. The summed E-state index contributed by atoms with van der Waals surface area (Å²) in [5.41, 5.74) is 1.31. The minimum Gasteiger partial charge on any atom is -0.349 e. The second-order valence-corrected chi connectivity index (χ2v) is 6.88. The van der Waals surface area contributed by atoms with Crippen LogP contribution in [-0.4, -0.2) is 23.3 Å². The van der Waals surface area contributed by atoms with E-state index in [1.807, 2.05) is 0 Å². The Hall–Kier alpha value is -2.09. The standard InChI is InChI=1S/C15H10Cl2FN3O2S/c16-12-13-10(24-14(12)17)5-9(21-13)15(23)19-6-11(22)20-8-3-1-7(18)2-4-8/h1-5,21H,6H2,(H,19,23)(H,20,22). The average Bonchev–Trinajstić information content (AvgIpc) is 3.08. The number of benzene rings is 1. The number of fused-ring (bicyclic) bond motifs is 1. The maximum absolute atomic E-state index is 12.8. The number of amides is 2. The number of rotatable bonds is 4. The van der Waals surface area contributed by atoms with Gasteiger partial charge in [-0.2, -0.15) is 0 Å². The van der Waals surface area contributed by atoms with Gasteiger partial charge in [0.15, 0.2) is 0 Å². The molecule has 2 amide bonds. The van der Waals surface area contributed by atoms with Gasteiger partial charge in [0, 0.05) is 5.69 Å².